The lowest BCUT2D eigenvalue weighted by atomic mass is 9.90. The maximum absolute atomic E-state index is 4.83. The fourth-order valence-electron chi connectivity index (χ4n) is 2.63. The molecular formula is C14H24N2S. The van der Waals surface area contributed by atoms with E-state index in [1.165, 1.54) is 47.7 Å². The second-order valence-corrected chi connectivity index (χ2v) is 6.71. The van der Waals surface area contributed by atoms with Crippen molar-refractivity contribution in [1.29, 1.82) is 0 Å². The molecule has 0 aliphatic heterocycles. The number of aryl methyl sites for hydroxylation is 1. The number of rotatable bonds is 3. The Morgan fingerprint density at radius 2 is 1.88 bits per heavy atom. The number of hydrogen-bond donors (Lipinski definition) is 1. The first-order valence-electron chi connectivity index (χ1n) is 6.71. The Balaban J connectivity index is 2.23. The van der Waals surface area contributed by atoms with E-state index < -0.39 is 0 Å². The molecule has 1 aromatic rings. The molecule has 1 N–H and O–H groups in total. The van der Waals surface area contributed by atoms with Crippen LogP contribution in [0.1, 0.15) is 67.4 Å². The summed E-state index contributed by atoms with van der Waals surface area (Å²) < 4.78 is 0. The van der Waals surface area contributed by atoms with E-state index in [9.17, 15) is 0 Å². The van der Waals surface area contributed by atoms with Crippen LogP contribution < -0.4 is 5.32 Å². The molecule has 1 heterocycles. The van der Waals surface area contributed by atoms with Gasteiger partial charge in [0.1, 0.15) is 0 Å². The van der Waals surface area contributed by atoms with Crippen molar-refractivity contribution in [3.05, 3.63) is 15.6 Å². The first-order chi connectivity index (χ1) is 8.04. The van der Waals surface area contributed by atoms with Crippen LogP contribution in [-0.2, 0) is 5.54 Å². The maximum Gasteiger partial charge on any atom is 0.0962 e. The Bertz CT molecular complexity index is 376. The van der Waals surface area contributed by atoms with Gasteiger partial charge in [-0.25, -0.2) is 4.98 Å². The Morgan fingerprint density at radius 3 is 2.47 bits per heavy atom. The molecule has 1 fully saturated rings. The zero-order chi connectivity index (χ0) is 12.5. The molecule has 0 atom stereocenters. The predicted octanol–water partition coefficient (Wildman–Crippen LogP) is 3.95. The van der Waals surface area contributed by atoms with Crippen LogP contribution in [0.2, 0.25) is 0 Å². The third-order valence-electron chi connectivity index (χ3n) is 3.96. The molecule has 1 saturated carbocycles. The molecule has 0 spiro atoms. The van der Waals surface area contributed by atoms with Crippen LogP contribution in [0, 0.1) is 6.92 Å². The topological polar surface area (TPSA) is 24.9 Å². The van der Waals surface area contributed by atoms with Gasteiger partial charge in [-0.2, -0.15) is 0 Å². The normalized spacial score (nSPS) is 18.6. The van der Waals surface area contributed by atoms with E-state index in [-0.39, 0.29) is 5.54 Å². The minimum atomic E-state index is 0.0503. The Kier molecular flexibility index (Phi) is 3.88. The van der Waals surface area contributed by atoms with Crippen LogP contribution in [0.4, 0.5) is 0 Å². The average molecular weight is 252 g/mol. The first-order valence-corrected chi connectivity index (χ1v) is 7.53. The zero-order valence-electron chi connectivity index (χ0n) is 11.5. The molecule has 0 amide bonds. The molecule has 2 nitrogen and oxygen atoms in total. The molecule has 1 aliphatic carbocycles. The monoisotopic (exact) mass is 252 g/mol. The molecule has 3 heteroatoms. The van der Waals surface area contributed by atoms with Gasteiger partial charge in [0, 0.05) is 16.3 Å². The Hall–Kier alpha value is -0.410. The van der Waals surface area contributed by atoms with E-state index in [2.05, 4.69) is 26.1 Å². The zero-order valence-corrected chi connectivity index (χ0v) is 12.3. The summed E-state index contributed by atoms with van der Waals surface area (Å²) in [5, 5.41) is 4.76. The summed E-state index contributed by atoms with van der Waals surface area (Å²) in [7, 11) is 2.03. The van der Waals surface area contributed by atoms with Crippen molar-refractivity contribution in [2.75, 3.05) is 7.05 Å². The minimum absolute atomic E-state index is 0.0503. The summed E-state index contributed by atoms with van der Waals surface area (Å²) in [4.78, 5) is 6.23. The van der Waals surface area contributed by atoms with Crippen LogP contribution in [0.3, 0.4) is 0 Å². The second-order valence-electron chi connectivity index (χ2n) is 5.68. The van der Waals surface area contributed by atoms with Crippen molar-refractivity contribution < 1.29 is 0 Å². The largest absolute Gasteiger partial charge is 0.310 e. The molecule has 0 bridgehead atoms. The van der Waals surface area contributed by atoms with E-state index in [1.807, 2.05) is 18.4 Å². The van der Waals surface area contributed by atoms with Gasteiger partial charge in [0.2, 0.25) is 0 Å². The van der Waals surface area contributed by atoms with Crippen molar-refractivity contribution in [3.63, 3.8) is 0 Å². The summed E-state index contributed by atoms with van der Waals surface area (Å²) in [5.41, 5.74) is 1.27. The lowest BCUT2D eigenvalue weighted by Gasteiger charge is -2.23. The van der Waals surface area contributed by atoms with Crippen LogP contribution in [0.5, 0.6) is 0 Å². The van der Waals surface area contributed by atoms with E-state index in [4.69, 9.17) is 4.98 Å². The van der Waals surface area contributed by atoms with Gasteiger partial charge in [0.15, 0.2) is 0 Å². The highest BCUT2D eigenvalue weighted by Gasteiger charge is 2.27. The van der Waals surface area contributed by atoms with E-state index >= 15 is 0 Å². The van der Waals surface area contributed by atoms with E-state index in [0.717, 1.165) is 5.92 Å². The SMILES string of the molecule is CNC(C)(C)c1sc(C2CCCCC2)nc1C. The van der Waals surface area contributed by atoms with Crippen molar-refractivity contribution in [1.82, 2.24) is 10.3 Å². The van der Waals surface area contributed by atoms with Crippen molar-refractivity contribution >= 4 is 11.3 Å². The van der Waals surface area contributed by atoms with Gasteiger partial charge in [-0.1, -0.05) is 19.3 Å². The second kappa shape index (κ2) is 5.07. The Labute approximate surface area is 109 Å². The molecular weight excluding hydrogens is 228 g/mol. The van der Waals surface area contributed by atoms with Crippen molar-refractivity contribution in [2.45, 2.75) is 64.3 Å². The molecule has 0 unspecified atom stereocenters. The van der Waals surface area contributed by atoms with Crippen LogP contribution in [0.25, 0.3) is 0 Å². The first kappa shape index (κ1) is 13.0. The highest BCUT2D eigenvalue weighted by molar-refractivity contribution is 7.12. The molecule has 0 aromatic carbocycles. The van der Waals surface area contributed by atoms with Gasteiger partial charge in [-0.05, 0) is 40.7 Å². The summed E-state index contributed by atoms with van der Waals surface area (Å²) in [5.74, 6) is 0.730. The van der Waals surface area contributed by atoms with Gasteiger partial charge in [-0.15, -0.1) is 11.3 Å². The molecule has 0 radical (unpaired) electrons. The lowest BCUT2D eigenvalue weighted by Crippen LogP contribution is -2.32. The minimum Gasteiger partial charge on any atom is -0.310 e. The van der Waals surface area contributed by atoms with Crippen molar-refractivity contribution in [2.24, 2.45) is 0 Å². The summed E-state index contributed by atoms with van der Waals surface area (Å²) in [6.45, 7) is 6.62. The Morgan fingerprint density at radius 1 is 1.24 bits per heavy atom. The van der Waals surface area contributed by atoms with Gasteiger partial charge < -0.3 is 5.32 Å². The molecule has 96 valence electrons. The fourth-order valence-corrected chi connectivity index (χ4v) is 3.98. The highest BCUT2D eigenvalue weighted by Crippen LogP contribution is 2.38. The van der Waals surface area contributed by atoms with Gasteiger partial charge in [0.25, 0.3) is 0 Å². The van der Waals surface area contributed by atoms with Gasteiger partial charge >= 0.3 is 0 Å². The highest BCUT2D eigenvalue weighted by atomic mass is 32.1. The van der Waals surface area contributed by atoms with Gasteiger partial charge in [0.05, 0.1) is 10.7 Å². The van der Waals surface area contributed by atoms with Crippen LogP contribution in [0.15, 0.2) is 0 Å². The maximum atomic E-state index is 4.83. The third kappa shape index (κ3) is 2.71. The summed E-state index contributed by atoms with van der Waals surface area (Å²) in [6, 6.07) is 0. The van der Waals surface area contributed by atoms with Crippen LogP contribution in [-0.4, -0.2) is 12.0 Å². The quantitative estimate of drug-likeness (QED) is 0.881. The molecule has 1 aliphatic rings. The summed E-state index contributed by atoms with van der Waals surface area (Å²) in [6.07, 6.45) is 6.86. The third-order valence-corrected chi connectivity index (χ3v) is 5.60. The fraction of sp³-hybridized carbons (Fsp3) is 0.786. The molecule has 1 aromatic heterocycles. The lowest BCUT2D eigenvalue weighted by molar-refractivity contribution is 0.442. The smallest absolute Gasteiger partial charge is 0.0962 e. The van der Waals surface area contributed by atoms with Gasteiger partial charge in [-0.3, -0.25) is 0 Å². The number of hydrogen-bond acceptors (Lipinski definition) is 3. The number of nitrogens with one attached hydrogen (secondary N) is 1. The predicted molar refractivity (Wildman–Crippen MR) is 74.8 cm³/mol. The van der Waals surface area contributed by atoms with Crippen LogP contribution >= 0.6 is 11.3 Å². The van der Waals surface area contributed by atoms with E-state index in [1.54, 1.807) is 0 Å². The number of aromatic nitrogens is 1. The molecule has 17 heavy (non-hydrogen) atoms. The average Bonchev–Trinajstić information content (AvgIpc) is 2.73. The number of thiazole rings is 1. The number of nitrogens with zero attached hydrogens (tertiary/aromatic N) is 1. The molecule has 0 saturated heterocycles. The molecule has 2 rings (SSSR count). The summed E-state index contributed by atoms with van der Waals surface area (Å²) >= 11 is 1.92. The standard InChI is InChI=1S/C14H24N2S/c1-10-12(14(2,3)15-4)17-13(16-10)11-8-6-5-7-9-11/h11,15H,5-9H2,1-4H3. The van der Waals surface area contributed by atoms with Crippen molar-refractivity contribution in [3.8, 4) is 0 Å². The van der Waals surface area contributed by atoms with E-state index in [0.29, 0.717) is 0 Å².